The zero-order valence-electron chi connectivity index (χ0n) is 14.8. The lowest BCUT2D eigenvalue weighted by Gasteiger charge is -2.18. The number of H-pyrrole nitrogens is 1. The van der Waals surface area contributed by atoms with E-state index in [0.29, 0.717) is 0 Å². The van der Waals surface area contributed by atoms with Gasteiger partial charge in [-0.2, -0.15) is 0 Å². The summed E-state index contributed by atoms with van der Waals surface area (Å²) in [6, 6.07) is 0. The first-order chi connectivity index (χ1) is 12.1. The van der Waals surface area contributed by atoms with Gasteiger partial charge in [-0.3, -0.25) is 10.1 Å². The van der Waals surface area contributed by atoms with Crippen LogP contribution >= 0.6 is 0 Å². The number of carbonyl (C=O) groups excluding carboxylic acids is 2. The fourth-order valence-electron chi connectivity index (χ4n) is 3.03. The molecule has 0 radical (unpaired) electrons. The van der Waals surface area contributed by atoms with Crippen LogP contribution in [0.5, 0.6) is 0 Å². The molecule has 0 bridgehead atoms. The summed E-state index contributed by atoms with van der Waals surface area (Å²) < 4.78 is 39.3. The first-order valence-corrected chi connectivity index (χ1v) is 8.07. The zero-order valence-corrected chi connectivity index (χ0v) is 14.8. The van der Waals surface area contributed by atoms with Crippen LogP contribution in [0.25, 0.3) is 11.0 Å². The lowest BCUT2D eigenvalue weighted by molar-refractivity contribution is -0.145. The van der Waals surface area contributed by atoms with Crippen LogP contribution in [-0.4, -0.2) is 34.7 Å². The molecule has 1 unspecified atom stereocenters. The number of imidazole rings is 1. The van der Waals surface area contributed by atoms with Gasteiger partial charge in [0.05, 0.1) is 13.0 Å². The molecule has 3 rings (SSSR count). The van der Waals surface area contributed by atoms with Crippen LogP contribution in [0.2, 0.25) is 0 Å². The first kappa shape index (κ1) is 18.1. The van der Waals surface area contributed by atoms with E-state index in [-0.39, 0.29) is 41.0 Å². The van der Waals surface area contributed by atoms with Crippen LogP contribution in [0.1, 0.15) is 31.9 Å². The molecule has 0 aliphatic heterocycles. The van der Waals surface area contributed by atoms with Crippen molar-refractivity contribution in [1.82, 2.24) is 9.97 Å². The molecule has 1 amide bonds. The predicted molar refractivity (Wildman–Crippen MR) is 88.8 cm³/mol. The molecule has 26 heavy (non-hydrogen) atoms. The van der Waals surface area contributed by atoms with Crippen molar-refractivity contribution in [2.24, 2.45) is 5.92 Å². The number of aromatic nitrogens is 2. The first-order valence-electron chi connectivity index (χ1n) is 8.07. The van der Waals surface area contributed by atoms with Crippen molar-refractivity contribution in [3.8, 4) is 0 Å². The van der Waals surface area contributed by atoms with Gasteiger partial charge in [-0.1, -0.05) is 0 Å². The fraction of sp³-hybridized carbons (Fsp3) is 0.471. The minimum Gasteiger partial charge on any atom is -0.469 e. The standard InChI is InChI=1S/C17H19F2N3O4/c1-17(2,3)26-16(24)22-15-20-12-10(18)8-5-7(14(23)25-4)6-9(8)11(19)13(12)21-15/h7H,5-6H2,1-4H3,(H2,20,21,22,24). The third kappa shape index (κ3) is 3.21. The second-order valence-electron chi connectivity index (χ2n) is 7.15. The predicted octanol–water partition coefficient (Wildman–Crippen LogP) is 3.08. The topological polar surface area (TPSA) is 93.3 Å². The summed E-state index contributed by atoms with van der Waals surface area (Å²) in [6.45, 7) is 5.06. The molecule has 2 aromatic rings. The van der Waals surface area contributed by atoms with Gasteiger partial charge in [-0.05, 0) is 44.7 Å². The van der Waals surface area contributed by atoms with Crippen molar-refractivity contribution in [2.45, 2.75) is 39.2 Å². The summed E-state index contributed by atoms with van der Waals surface area (Å²) in [5, 5.41) is 2.32. The van der Waals surface area contributed by atoms with Gasteiger partial charge in [0.15, 0.2) is 11.6 Å². The Morgan fingerprint density at radius 1 is 1.19 bits per heavy atom. The minimum absolute atomic E-state index is 0.0440. The molecule has 0 spiro atoms. The van der Waals surface area contributed by atoms with Gasteiger partial charge < -0.3 is 14.5 Å². The average Bonchev–Trinajstić information content (AvgIpc) is 3.14. The van der Waals surface area contributed by atoms with E-state index >= 15 is 0 Å². The van der Waals surface area contributed by atoms with Crippen molar-refractivity contribution < 1.29 is 27.8 Å². The van der Waals surface area contributed by atoms with Gasteiger partial charge in [0.2, 0.25) is 5.95 Å². The maximum absolute atomic E-state index is 14.8. The third-order valence-electron chi connectivity index (χ3n) is 4.08. The molecule has 0 saturated heterocycles. The van der Waals surface area contributed by atoms with Crippen molar-refractivity contribution in [3.05, 3.63) is 22.8 Å². The van der Waals surface area contributed by atoms with Crippen LogP contribution in [0.15, 0.2) is 0 Å². The maximum Gasteiger partial charge on any atom is 0.414 e. The number of benzene rings is 1. The summed E-state index contributed by atoms with van der Waals surface area (Å²) >= 11 is 0. The highest BCUT2D eigenvalue weighted by molar-refractivity contribution is 5.88. The fourth-order valence-corrected chi connectivity index (χ4v) is 3.03. The molecule has 9 heteroatoms. The van der Waals surface area contributed by atoms with Gasteiger partial charge in [0, 0.05) is 0 Å². The minimum atomic E-state index is -0.796. The Morgan fingerprint density at radius 3 is 2.38 bits per heavy atom. The third-order valence-corrected chi connectivity index (χ3v) is 4.08. The lowest BCUT2D eigenvalue weighted by atomic mass is 10.1. The number of hydrogen-bond donors (Lipinski definition) is 2. The smallest absolute Gasteiger partial charge is 0.414 e. The zero-order chi connectivity index (χ0) is 19.2. The molecule has 140 valence electrons. The van der Waals surface area contributed by atoms with E-state index in [1.165, 1.54) is 7.11 Å². The normalized spacial score (nSPS) is 14.4. The molecule has 1 aliphatic rings. The monoisotopic (exact) mass is 367 g/mol. The van der Waals surface area contributed by atoms with Gasteiger partial charge in [0.25, 0.3) is 0 Å². The lowest BCUT2D eigenvalue weighted by Crippen LogP contribution is -2.27. The number of anilines is 1. The molecule has 0 fully saturated rings. The van der Waals surface area contributed by atoms with E-state index in [2.05, 4.69) is 20.0 Å². The number of esters is 1. The number of rotatable bonds is 2. The van der Waals surface area contributed by atoms with Crippen LogP contribution in [0.4, 0.5) is 19.5 Å². The second kappa shape index (κ2) is 6.22. The average molecular weight is 367 g/mol. The Kier molecular flexibility index (Phi) is 4.33. The van der Waals surface area contributed by atoms with E-state index in [0.717, 1.165) is 0 Å². The number of nitrogens with one attached hydrogen (secondary N) is 2. The number of aromatic amines is 1. The number of nitrogens with zero attached hydrogens (tertiary/aromatic N) is 1. The maximum atomic E-state index is 14.8. The molecule has 2 N–H and O–H groups in total. The number of amides is 1. The van der Waals surface area contributed by atoms with E-state index < -0.39 is 35.2 Å². The van der Waals surface area contributed by atoms with Gasteiger partial charge >= 0.3 is 12.1 Å². The van der Waals surface area contributed by atoms with Crippen molar-refractivity contribution >= 4 is 29.0 Å². The summed E-state index contributed by atoms with van der Waals surface area (Å²) in [5.74, 6) is -2.65. The van der Waals surface area contributed by atoms with Crippen molar-refractivity contribution in [1.29, 1.82) is 0 Å². The Morgan fingerprint density at radius 2 is 1.81 bits per heavy atom. The summed E-state index contributed by atoms with van der Waals surface area (Å²) in [7, 11) is 1.23. The molecular formula is C17H19F2N3O4. The van der Waals surface area contributed by atoms with Crippen LogP contribution in [0.3, 0.4) is 0 Å². The molecule has 7 nitrogen and oxygen atoms in total. The largest absolute Gasteiger partial charge is 0.469 e. The highest BCUT2D eigenvalue weighted by Crippen LogP contribution is 2.36. The van der Waals surface area contributed by atoms with Crippen LogP contribution in [0, 0.1) is 17.6 Å². The number of halogens is 2. The summed E-state index contributed by atoms with van der Waals surface area (Å²) in [5.41, 5.74) is -0.898. The molecule has 1 atom stereocenters. The number of hydrogen-bond acceptors (Lipinski definition) is 5. The van der Waals surface area contributed by atoms with Crippen molar-refractivity contribution in [2.75, 3.05) is 12.4 Å². The Hall–Kier alpha value is -2.71. The Bertz CT molecular complexity index is 853. The van der Waals surface area contributed by atoms with Crippen molar-refractivity contribution in [3.63, 3.8) is 0 Å². The van der Waals surface area contributed by atoms with E-state index in [4.69, 9.17) is 4.74 Å². The quantitative estimate of drug-likeness (QED) is 0.796. The number of carbonyl (C=O) groups is 2. The van der Waals surface area contributed by atoms with Gasteiger partial charge in [-0.15, -0.1) is 0 Å². The Balaban J connectivity index is 1.93. The van der Waals surface area contributed by atoms with Gasteiger partial charge in [0.1, 0.15) is 16.6 Å². The molecule has 1 aliphatic carbocycles. The van der Waals surface area contributed by atoms with Crippen LogP contribution in [-0.2, 0) is 27.1 Å². The Labute approximate surface area is 148 Å². The van der Waals surface area contributed by atoms with Gasteiger partial charge in [-0.25, -0.2) is 18.6 Å². The highest BCUT2D eigenvalue weighted by Gasteiger charge is 2.35. The van der Waals surface area contributed by atoms with E-state index in [9.17, 15) is 18.4 Å². The molecule has 0 saturated carbocycles. The van der Waals surface area contributed by atoms with E-state index in [1.807, 2.05) is 0 Å². The number of fused-ring (bicyclic) bond motifs is 2. The highest BCUT2D eigenvalue weighted by atomic mass is 19.1. The SMILES string of the molecule is COC(=O)C1Cc2c(c(F)c3[nH]c(NC(=O)OC(C)(C)C)nc3c2F)C1. The summed E-state index contributed by atoms with van der Waals surface area (Å²) in [4.78, 5) is 29.9. The van der Waals surface area contributed by atoms with E-state index in [1.54, 1.807) is 20.8 Å². The van der Waals surface area contributed by atoms with Crippen LogP contribution < -0.4 is 5.32 Å². The molecule has 1 aromatic carbocycles. The molecule has 1 heterocycles. The number of ether oxygens (including phenoxy) is 2. The molecule has 1 aromatic heterocycles. The second-order valence-corrected chi connectivity index (χ2v) is 7.15. The molecular weight excluding hydrogens is 348 g/mol. The number of methoxy groups -OCH3 is 1. The summed E-state index contributed by atoms with van der Waals surface area (Å²) in [6.07, 6.45) is -0.701.